The SMILES string of the molecule is COP1(=O)OCc2c(C)cccc2O1. The van der Waals surface area contributed by atoms with Gasteiger partial charge in [0.25, 0.3) is 0 Å². The van der Waals surface area contributed by atoms with Crippen LogP contribution in [-0.4, -0.2) is 7.11 Å². The van der Waals surface area contributed by atoms with Crippen LogP contribution in [0.5, 0.6) is 5.75 Å². The summed E-state index contributed by atoms with van der Waals surface area (Å²) in [6, 6.07) is 5.56. The van der Waals surface area contributed by atoms with Gasteiger partial charge in [0, 0.05) is 12.7 Å². The molecule has 1 aromatic carbocycles. The number of benzene rings is 1. The molecule has 0 aromatic heterocycles. The largest absolute Gasteiger partial charge is 0.530 e. The van der Waals surface area contributed by atoms with Crippen molar-refractivity contribution in [3.8, 4) is 5.75 Å². The minimum atomic E-state index is -3.35. The zero-order valence-corrected chi connectivity index (χ0v) is 8.91. The normalized spacial score (nSPS) is 25.3. The number of aryl methyl sites for hydroxylation is 1. The molecule has 2 rings (SSSR count). The summed E-state index contributed by atoms with van der Waals surface area (Å²) in [5.41, 5.74) is 1.99. The molecule has 1 heterocycles. The molecule has 5 heteroatoms. The zero-order valence-electron chi connectivity index (χ0n) is 8.02. The highest BCUT2D eigenvalue weighted by Crippen LogP contribution is 2.54. The Hall–Kier alpha value is -0.830. The van der Waals surface area contributed by atoms with Crippen molar-refractivity contribution in [1.82, 2.24) is 0 Å². The van der Waals surface area contributed by atoms with Crippen molar-refractivity contribution in [1.29, 1.82) is 0 Å². The Bertz CT molecular complexity index is 402. The summed E-state index contributed by atoms with van der Waals surface area (Å²) in [6.45, 7) is 2.22. The van der Waals surface area contributed by atoms with Gasteiger partial charge in [-0.1, -0.05) is 12.1 Å². The summed E-state index contributed by atoms with van der Waals surface area (Å²) in [5.74, 6) is 0.585. The quantitative estimate of drug-likeness (QED) is 0.674. The van der Waals surface area contributed by atoms with Crippen molar-refractivity contribution >= 4 is 7.82 Å². The minimum Gasteiger partial charge on any atom is -0.404 e. The number of phosphoric acid groups is 1. The van der Waals surface area contributed by atoms with E-state index in [1.54, 1.807) is 6.07 Å². The van der Waals surface area contributed by atoms with Crippen LogP contribution < -0.4 is 4.52 Å². The molecule has 0 fully saturated rings. The third-order valence-electron chi connectivity index (χ3n) is 2.17. The lowest BCUT2D eigenvalue weighted by Gasteiger charge is -2.24. The number of fused-ring (bicyclic) bond motifs is 1. The van der Waals surface area contributed by atoms with Gasteiger partial charge in [-0.05, 0) is 18.6 Å². The van der Waals surface area contributed by atoms with E-state index in [0.29, 0.717) is 5.75 Å². The molecule has 0 bridgehead atoms. The van der Waals surface area contributed by atoms with E-state index in [4.69, 9.17) is 9.05 Å². The molecule has 14 heavy (non-hydrogen) atoms. The van der Waals surface area contributed by atoms with E-state index in [2.05, 4.69) is 4.52 Å². The van der Waals surface area contributed by atoms with Crippen LogP contribution in [0.2, 0.25) is 0 Å². The molecule has 0 saturated carbocycles. The molecule has 0 N–H and O–H groups in total. The molecule has 76 valence electrons. The highest BCUT2D eigenvalue weighted by Gasteiger charge is 2.32. The fraction of sp³-hybridized carbons (Fsp3) is 0.333. The minimum absolute atomic E-state index is 0.271. The second-order valence-corrected chi connectivity index (χ2v) is 4.75. The average Bonchev–Trinajstić information content (AvgIpc) is 2.18. The first-order valence-electron chi connectivity index (χ1n) is 4.23. The first kappa shape index (κ1) is 9.71. The van der Waals surface area contributed by atoms with Gasteiger partial charge in [-0.2, -0.15) is 0 Å². The second kappa shape index (κ2) is 3.39. The molecule has 0 saturated heterocycles. The number of rotatable bonds is 1. The van der Waals surface area contributed by atoms with Gasteiger partial charge >= 0.3 is 7.82 Å². The summed E-state index contributed by atoms with van der Waals surface area (Å²) in [5, 5.41) is 0. The number of hydrogen-bond acceptors (Lipinski definition) is 4. The van der Waals surface area contributed by atoms with Crippen molar-refractivity contribution in [3.63, 3.8) is 0 Å². The molecule has 1 aromatic rings. The molecule has 1 unspecified atom stereocenters. The Morgan fingerprint density at radius 2 is 2.29 bits per heavy atom. The van der Waals surface area contributed by atoms with Gasteiger partial charge in [0.05, 0.1) is 6.61 Å². The highest BCUT2D eigenvalue weighted by atomic mass is 31.2. The van der Waals surface area contributed by atoms with Crippen LogP contribution in [0.4, 0.5) is 0 Å². The predicted octanol–water partition coefficient (Wildman–Crippen LogP) is 2.66. The summed E-state index contributed by atoms with van der Waals surface area (Å²) in [4.78, 5) is 0. The molecule has 1 aliphatic heterocycles. The lowest BCUT2D eigenvalue weighted by atomic mass is 10.1. The average molecular weight is 214 g/mol. The van der Waals surface area contributed by atoms with Crippen molar-refractivity contribution in [2.24, 2.45) is 0 Å². The van der Waals surface area contributed by atoms with Gasteiger partial charge in [-0.25, -0.2) is 4.57 Å². The highest BCUT2D eigenvalue weighted by molar-refractivity contribution is 7.48. The van der Waals surface area contributed by atoms with Gasteiger partial charge in [0.15, 0.2) is 0 Å². The van der Waals surface area contributed by atoms with Crippen molar-refractivity contribution < 1.29 is 18.1 Å². The summed E-state index contributed by atoms with van der Waals surface area (Å²) in [6.07, 6.45) is 0. The molecular weight excluding hydrogens is 203 g/mol. The van der Waals surface area contributed by atoms with Crippen molar-refractivity contribution in [2.75, 3.05) is 7.11 Å². The molecule has 1 aliphatic rings. The van der Waals surface area contributed by atoms with Crippen LogP contribution in [0.1, 0.15) is 11.1 Å². The van der Waals surface area contributed by atoms with Crippen LogP contribution in [0.15, 0.2) is 18.2 Å². The third kappa shape index (κ3) is 1.57. The van der Waals surface area contributed by atoms with E-state index in [1.807, 2.05) is 19.1 Å². The first-order chi connectivity index (χ1) is 6.64. The molecule has 0 amide bonds. The van der Waals surface area contributed by atoms with Crippen LogP contribution in [0.3, 0.4) is 0 Å². The fourth-order valence-electron chi connectivity index (χ4n) is 1.33. The molecular formula is C9H11O4P. The smallest absolute Gasteiger partial charge is 0.404 e. The summed E-state index contributed by atoms with van der Waals surface area (Å²) < 4.78 is 26.5. The topological polar surface area (TPSA) is 44.8 Å². The van der Waals surface area contributed by atoms with Crippen molar-refractivity contribution in [3.05, 3.63) is 29.3 Å². The van der Waals surface area contributed by atoms with E-state index in [1.165, 1.54) is 7.11 Å². The van der Waals surface area contributed by atoms with Crippen LogP contribution >= 0.6 is 7.82 Å². The van der Waals surface area contributed by atoms with Gasteiger partial charge in [-0.3, -0.25) is 9.05 Å². The lowest BCUT2D eigenvalue weighted by Crippen LogP contribution is -2.09. The fourth-order valence-corrected chi connectivity index (χ4v) is 2.26. The monoisotopic (exact) mass is 214 g/mol. The van der Waals surface area contributed by atoms with E-state index in [9.17, 15) is 4.57 Å². The van der Waals surface area contributed by atoms with E-state index in [0.717, 1.165) is 11.1 Å². The number of hydrogen-bond donors (Lipinski definition) is 0. The van der Waals surface area contributed by atoms with Crippen LogP contribution in [0, 0.1) is 6.92 Å². The van der Waals surface area contributed by atoms with E-state index >= 15 is 0 Å². The Morgan fingerprint density at radius 1 is 1.50 bits per heavy atom. The maximum absolute atomic E-state index is 11.6. The van der Waals surface area contributed by atoms with Crippen molar-refractivity contribution in [2.45, 2.75) is 13.5 Å². The molecule has 1 atom stereocenters. The predicted molar refractivity (Wildman–Crippen MR) is 51.2 cm³/mol. The third-order valence-corrected chi connectivity index (χ3v) is 3.48. The molecule has 0 spiro atoms. The Morgan fingerprint density at radius 3 is 3.00 bits per heavy atom. The van der Waals surface area contributed by atoms with Gasteiger partial charge in [0.1, 0.15) is 5.75 Å². The van der Waals surface area contributed by atoms with Gasteiger partial charge < -0.3 is 4.52 Å². The van der Waals surface area contributed by atoms with Gasteiger partial charge in [-0.15, -0.1) is 0 Å². The second-order valence-electron chi connectivity index (χ2n) is 3.05. The Kier molecular flexibility index (Phi) is 2.35. The Balaban J connectivity index is 2.41. The van der Waals surface area contributed by atoms with Crippen LogP contribution in [-0.2, 0) is 20.2 Å². The van der Waals surface area contributed by atoms with Gasteiger partial charge in [0.2, 0.25) is 0 Å². The maximum atomic E-state index is 11.6. The van der Waals surface area contributed by atoms with E-state index in [-0.39, 0.29) is 6.61 Å². The lowest BCUT2D eigenvalue weighted by molar-refractivity contribution is 0.155. The number of phosphoric ester groups is 1. The molecule has 0 aliphatic carbocycles. The molecule has 0 radical (unpaired) electrons. The van der Waals surface area contributed by atoms with E-state index < -0.39 is 7.82 Å². The zero-order chi connectivity index (χ0) is 10.2. The molecule has 4 nitrogen and oxygen atoms in total. The Labute approximate surface area is 82.4 Å². The van der Waals surface area contributed by atoms with Crippen LogP contribution in [0.25, 0.3) is 0 Å². The standard InChI is InChI=1S/C9H11O4P/c1-7-4-3-5-9-8(7)6-12-14(10,11-2)13-9/h3-5H,6H2,1-2H3. The summed E-state index contributed by atoms with van der Waals surface area (Å²) in [7, 11) is -2.04. The summed E-state index contributed by atoms with van der Waals surface area (Å²) >= 11 is 0. The maximum Gasteiger partial charge on any atom is 0.530 e. The first-order valence-corrected chi connectivity index (χ1v) is 5.69.